The van der Waals surface area contributed by atoms with Crippen molar-refractivity contribution in [2.45, 2.75) is 19.8 Å². The smallest absolute Gasteiger partial charge is 0.273 e. The van der Waals surface area contributed by atoms with Crippen molar-refractivity contribution in [3.05, 3.63) is 53.5 Å². The molecule has 1 unspecified atom stereocenters. The Morgan fingerprint density at radius 2 is 2.22 bits per heavy atom. The molecule has 0 aliphatic carbocycles. The SMILES string of the molecule is Cc1c(-c2cc(C(=O)NCC3CCOc4ccccc4C3)no2)cnn1C. The molecule has 140 valence electrons. The van der Waals surface area contributed by atoms with Crippen LogP contribution in [-0.4, -0.2) is 34.0 Å². The lowest BCUT2D eigenvalue weighted by molar-refractivity contribution is 0.0936. The number of carbonyl (C=O) groups excluding carboxylic acids is 1. The summed E-state index contributed by atoms with van der Waals surface area (Å²) in [6.45, 7) is 3.17. The molecule has 0 bridgehead atoms. The van der Waals surface area contributed by atoms with Crippen molar-refractivity contribution >= 4 is 5.91 Å². The van der Waals surface area contributed by atoms with Gasteiger partial charge in [0.1, 0.15) is 5.75 Å². The number of nitrogens with zero attached hydrogens (tertiary/aromatic N) is 3. The van der Waals surface area contributed by atoms with Gasteiger partial charge in [-0.1, -0.05) is 23.4 Å². The Bertz CT molecular complexity index is 960. The van der Waals surface area contributed by atoms with Gasteiger partial charge in [-0.3, -0.25) is 9.48 Å². The van der Waals surface area contributed by atoms with Gasteiger partial charge in [0.05, 0.1) is 18.4 Å². The number of benzene rings is 1. The lowest BCUT2D eigenvalue weighted by Crippen LogP contribution is -2.30. The van der Waals surface area contributed by atoms with Crippen LogP contribution in [0.15, 0.2) is 41.1 Å². The summed E-state index contributed by atoms with van der Waals surface area (Å²) in [6.07, 6.45) is 3.49. The number of rotatable bonds is 4. The zero-order valence-electron chi connectivity index (χ0n) is 15.4. The predicted octanol–water partition coefficient (Wildman–Crippen LogP) is 2.75. The average Bonchev–Trinajstić information content (AvgIpc) is 3.21. The molecule has 0 radical (unpaired) electrons. The van der Waals surface area contributed by atoms with E-state index in [-0.39, 0.29) is 11.6 Å². The minimum Gasteiger partial charge on any atom is -0.493 e. The van der Waals surface area contributed by atoms with Gasteiger partial charge in [0.25, 0.3) is 5.91 Å². The van der Waals surface area contributed by atoms with Crippen LogP contribution in [0.5, 0.6) is 5.75 Å². The van der Waals surface area contributed by atoms with Crippen molar-refractivity contribution in [1.82, 2.24) is 20.3 Å². The van der Waals surface area contributed by atoms with Crippen LogP contribution in [0.1, 0.15) is 28.2 Å². The molecule has 1 aliphatic rings. The molecule has 1 N–H and O–H groups in total. The summed E-state index contributed by atoms with van der Waals surface area (Å²) in [5.41, 5.74) is 3.25. The van der Waals surface area contributed by atoms with Gasteiger partial charge in [-0.15, -0.1) is 0 Å². The van der Waals surface area contributed by atoms with Crippen LogP contribution < -0.4 is 10.1 Å². The molecule has 3 heterocycles. The monoisotopic (exact) mass is 366 g/mol. The highest BCUT2D eigenvalue weighted by Gasteiger charge is 2.20. The van der Waals surface area contributed by atoms with Gasteiger partial charge < -0.3 is 14.6 Å². The number of aromatic nitrogens is 3. The van der Waals surface area contributed by atoms with E-state index in [0.717, 1.165) is 29.8 Å². The van der Waals surface area contributed by atoms with Crippen LogP contribution >= 0.6 is 0 Å². The van der Waals surface area contributed by atoms with Gasteiger partial charge in [0.15, 0.2) is 11.5 Å². The van der Waals surface area contributed by atoms with E-state index in [1.54, 1.807) is 16.9 Å². The lowest BCUT2D eigenvalue weighted by Gasteiger charge is -2.13. The van der Waals surface area contributed by atoms with Crippen molar-refractivity contribution in [1.29, 1.82) is 0 Å². The minimum atomic E-state index is -0.231. The first-order chi connectivity index (χ1) is 13.1. The fourth-order valence-electron chi connectivity index (χ4n) is 3.31. The van der Waals surface area contributed by atoms with E-state index in [1.165, 1.54) is 5.56 Å². The van der Waals surface area contributed by atoms with Gasteiger partial charge in [-0.2, -0.15) is 5.10 Å². The summed E-state index contributed by atoms with van der Waals surface area (Å²) in [4.78, 5) is 12.5. The van der Waals surface area contributed by atoms with Crippen LogP contribution in [0.25, 0.3) is 11.3 Å². The van der Waals surface area contributed by atoms with Crippen molar-refractivity contribution in [3.63, 3.8) is 0 Å². The number of hydrogen-bond acceptors (Lipinski definition) is 5. The first-order valence-electron chi connectivity index (χ1n) is 9.06. The summed E-state index contributed by atoms with van der Waals surface area (Å²) in [7, 11) is 1.86. The average molecular weight is 366 g/mol. The minimum absolute atomic E-state index is 0.231. The maximum absolute atomic E-state index is 12.5. The molecule has 0 saturated heterocycles. The molecule has 1 aliphatic heterocycles. The summed E-state index contributed by atoms with van der Waals surface area (Å²) in [6, 6.07) is 9.72. The highest BCUT2D eigenvalue weighted by Crippen LogP contribution is 2.26. The summed E-state index contributed by atoms with van der Waals surface area (Å²) < 4.78 is 12.9. The highest BCUT2D eigenvalue weighted by atomic mass is 16.5. The van der Waals surface area contributed by atoms with Gasteiger partial charge in [-0.05, 0) is 37.3 Å². The maximum atomic E-state index is 12.5. The molecule has 7 heteroatoms. The second kappa shape index (κ2) is 7.26. The molecule has 1 atom stereocenters. The number of aryl methyl sites for hydroxylation is 1. The third kappa shape index (κ3) is 3.58. The topological polar surface area (TPSA) is 82.2 Å². The molecule has 0 spiro atoms. The Morgan fingerprint density at radius 3 is 3.04 bits per heavy atom. The van der Waals surface area contributed by atoms with E-state index >= 15 is 0 Å². The van der Waals surface area contributed by atoms with Gasteiger partial charge in [0, 0.05) is 25.4 Å². The molecule has 1 amide bonds. The zero-order chi connectivity index (χ0) is 18.8. The Hall–Kier alpha value is -3.09. The number of para-hydroxylation sites is 1. The third-order valence-corrected chi connectivity index (χ3v) is 5.06. The van der Waals surface area contributed by atoms with Crippen molar-refractivity contribution in [2.24, 2.45) is 13.0 Å². The van der Waals surface area contributed by atoms with Crippen molar-refractivity contribution in [2.75, 3.05) is 13.2 Å². The number of ether oxygens (including phenoxy) is 1. The first-order valence-corrected chi connectivity index (χ1v) is 9.06. The number of amides is 1. The van der Waals surface area contributed by atoms with E-state index < -0.39 is 0 Å². The number of hydrogen-bond donors (Lipinski definition) is 1. The second-order valence-electron chi connectivity index (χ2n) is 6.87. The summed E-state index contributed by atoms with van der Waals surface area (Å²) in [5, 5.41) is 11.1. The number of nitrogens with one attached hydrogen (secondary N) is 1. The van der Waals surface area contributed by atoms with E-state index in [2.05, 4.69) is 21.6 Å². The molecule has 2 aromatic heterocycles. The van der Waals surface area contributed by atoms with Crippen molar-refractivity contribution < 1.29 is 14.1 Å². The maximum Gasteiger partial charge on any atom is 0.273 e. The predicted molar refractivity (Wildman–Crippen MR) is 99.5 cm³/mol. The standard InChI is InChI=1S/C20H22N4O3/c1-13-16(12-22-24(13)2)19-10-17(23-27-19)20(25)21-11-14-7-8-26-18-6-4-3-5-15(18)9-14/h3-6,10,12,14H,7-9,11H2,1-2H3,(H,21,25). The molecule has 7 nitrogen and oxygen atoms in total. The van der Waals surface area contributed by atoms with Crippen LogP contribution in [0.3, 0.4) is 0 Å². The molecular weight excluding hydrogens is 344 g/mol. The Morgan fingerprint density at radius 1 is 1.37 bits per heavy atom. The first kappa shape index (κ1) is 17.3. The van der Waals surface area contributed by atoms with Gasteiger partial charge >= 0.3 is 0 Å². The van der Waals surface area contributed by atoms with E-state index in [4.69, 9.17) is 9.26 Å². The molecule has 1 aromatic carbocycles. The fourth-order valence-corrected chi connectivity index (χ4v) is 3.31. The molecule has 3 aromatic rings. The largest absolute Gasteiger partial charge is 0.493 e. The van der Waals surface area contributed by atoms with Gasteiger partial charge in [-0.25, -0.2) is 0 Å². The highest BCUT2D eigenvalue weighted by molar-refractivity contribution is 5.93. The summed E-state index contributed by atoms with van der Waals surface area (Å²) >= 11 is 0. The second-order valence-corrected chi connectivity index (χ2v) is 6.87. The quantitative estimate of drug-likeness (QED) is 0.768. The van der Waals surface area contributed by atoms with E-state index in [0.29, 0.717) is 24.8 Å². The van der Waals surface area contributed by atoms with Crippen LogP contribution in [0, 0.1) is 12.8 Å². The van der Waals surface area contributed by atoms with Crippen LogP contribution in [-0.2, 0) is 13.5 Å². The van der Waals surface area contributed by atoms with E-state index in [1.807, 2.05) is 32.2 Å². The van der Waals surface area contributed by atoms with E-state index in [9.17, 15) is 4.79 Å². The lowest BCUT2D eigenvalue weighted by atomic mass is 9.97. The molecule has 0 saturated carbocycles. The molecule has 27 heavy (non-hydrogen) atoms. The normalized spacial score (nSPS) is 16.3. The zero-order valence-corrected chi connectivity index (χ0v) is 15.4. The Kier molecular flexibility index (Phi) is 4.66. The summed E-state index contributed by atoms with van der Waals surface area (Å²) in [5.74, 6) is 1.58. The number of carbonyl (C=O) groups is 1. The Labute approximate surface area is 157 Å². The molecule has 0 fully saturated rings. The number of fused-ring (bicyclic) bond motifs is 1. The van der Waals surface area contributed by atoms with Gasteiger partial charge in [0.2, 0.25) is 0 Å². The Balaban J connectivity index is 1.39. The fraction of sp³-hybridized carbons (Fsp3) is 0.350. The molecule has 4 rings (SSSR count). The third-order valence-electron chi connectivity index (χ3n) is 5.06. The van der Waals surface area contributed by atoms with Crippen LogP contribution in [0.4, 0.5) is 0 Å². The van der Waals surface area contributed by atoms with Crippen LogP contribution in [0.2, 0.25) is 0 Å². The molecular formula is C20H22N4O3. The van der Waals surface area contributed by atoms with Crippen molar-refractivity contribution in [3.8, 4) is 17.1 Å².